The Kier molecular flexibility index (Phi) is 9.84. The Labute approximate surface area is 91.6 Å². The molecule has 0 rings (SSSR count). The van der Waals surface area contributed by atoms with Gasteiger partial charge in [-0.1, -0.05) is 32.1 Å². The van der Waals surface area contributed by atoms with E-state index in [4.69, 9.17) is 11.5 Å². The second-order valence-corrected chi connectivity index (χ2v) is 3.49. The fourth-order valence-corrected chi connectivity index (χ4v) is 1.34. The smallest absolute Gasteiger partial charge is 0.303 e. The first-order chi connectivity index (χ1) is 7.27. The van der Waals surface area contributed by atoms with Crippen molar-refractivity contribution in [3.8, 4) is 12.5 Å². The number of hydrogen-bond donors (Lipinski definition) is 1. The molecule has 0 aliphatic rings. The van der Waals surface area contributed by atoms with Crippen LogP contribution in [0, 0.1) is 12.5 Å². The number of terminal acetylenes is 1. The molecule has 1 N–H and O–H groups in total. The van der Waals surface area contributed by atoms with Crippen LogP contribution in [0.1, 0.15) is 51.4 Å². The molecule has 0 atom stereocenters. The molecule has 0 spiro atoms. The van der Waals surface area contributed by atoms with Crippen molar-refractivity contribution in [3.63, 3.8) is 0 Å². The first-order valence-electron chi connectivity index (χ1n) is 5.46. The molecule has 0 aliphatic carbocycles. The minimum Gasteiger partial charge on any atom is -0.481 e. The zero-order valence-corrected chi connectivity index (χ0v) is 9.11. The molecule has 3 nitrogen and oxygen atoms in total. The Balaban J connectivity index is 3.02. The van der Waals surface area contributed by atoms with Crippen LogP contribution in [0.3, 0.4) is 0 Å². The Hall–Kier alpha value is -1.30. The second kappa shape index (κ2) is 10.8. The molecule has 0 unspecified atom stereocenters. The van der Waals surface area contributed by atoms with Gasteiger partial charge >= 0.3 is 5.97 Å². The molecular weight excluding hydrogens is 190 g/mol. The van der Waals surface area contributed by atoms with Crippen LogP contribution in [-0.2, 0) is 4.79 Å². The number of unbranched alkanes of at least 4 members (excludes halogenated alkanes) is 6. The van der Waals surface area contributed by atoms with Gasteiger partial charge in [0.25, 0.3) is 0 Å². The van der Waals surface area contributed by atoms with Gasteiger partial charge in [-0.2, -0.15) is 0 Å². The topological polar surface area (TPSA) is 49.7 Å². The van der Waals surface area contributed by atoms with Crippen LogP contribution in [0.5, 0.6) is 0 Å². The summed E-state index contributed by atoms with van der Waals surface area (Å²) in [5, 5.41) is 8.41. The minimum absolute atomic E-state index is 0.300. The predicted molar refractivity (Wildman–Crippen MR) is 61.9 cm³/mol. The normalized spacial score (nSPS) is 10.3. The maximum absolute atomic E-state index is 10.2. The van der Waals surface area contributed by atoms with E-state index in [-0.39, 0.29) is 0 Å². The van der Waals surface area contributed by atoms with E-state index in [0.29, 0.717) is 6.42 Å². The molecule has 0 aromatic rings. The first kappa shape index (κ1) is 13.7. The third kappa shape index (κ3) is 12.7. The highest BCUT2D eigenvalue weighted by molar-refractivity contribution is 5.66. The van der Waals surface area contributed by atoms with Gasteiger partial charge in [-0.25, -0.2) is 4.99 Å². The number of carboxylic acid groups (broad SMARTS) is 1. The van der Waals surface area contributed by atoms with Crippen molar-refractivity contribution in [2.75, 3.05) is 0 Å². The van der Waals surface area contributed by atoms with Gasteiger partial charge in [0.1, 0.15) is 0 Å². The Morgan fingerprint density at radius 3 is 2.40 bits per heavy atom. The average Bonchev–Trinajstić information content (AvgIpc) is 2.20. The van der Waals surface area contributed by atoms with E-state index in [9.17, 15) is 4.79 Å². The van der Waals surface area contributed by atoms with Gasteiger partial charge in [0.15, 0.2) is 0 Å². The van der Waals surface area contributed by atoms with Crippen molar-refractivity contribution in [2.45, 2.75) is 51.4 Å². The number of rotatable bonds is 9. The molecular formula is C12H19NO2. The maximum Gasteiger partial charge on any atom is 0.303 e. The molecule has 0 aliphatic heterocycles. The van der Waals surface area contributed by atoms with E-state index in [1.165, 1.54) is 12.8 Å². The van der Waals surface area contributed by atoms with Gasteiger partial charge in [0.2, 0.25) is 0 Å². The lowest BCUT2D eigenvalue weighted by Crippen LogP contribution is -1.93. The maximum atomic E-state index is 10.2. The van der Waals surface area contributed by atoms with Gasteiger partial charge in [-0.3, -0.25) is 4.79 Å². The number of carboxylic acids is 1. The van der Waals surface area contributed by atoms with Crippen LogP contribution < -0.4 is 0 Å². The van der Waals surface area contributed by atoms with E-state index in [0.717, 1.165) is 32.1 Å². The molecule has 0 heterocycles. The van der Waals surface area contributed by atoms with E-state index < -0.39 is 5.97 Å². The monoisotopic (exact) mass is 209 g/mol. The van der Waals surface area contributed by atoms with E-state index in [2.05, 4.69) is 11.0 Å². The number of nitrogens with zero attached hydrogens (tertiary/aromatic N) is 1. The van der Waals surface area contributed by atoms with Crippen molar-refractivity contribution in [1.82, 2.24) is 0 Å². The Morgan fingerprint density at radius 2 is 1.80 bits per heavy atom. The van der Waals surface area contributed by atoms with Crippen LogP contribution >= 0.6 is 0 Å². The summed E-state index contributed by atoms with van der Waals surface area (Å²) < 4.78 is 0. The van der Waals surface area contributed by atoms with E-state index in [1.807, 2.05) is 0 Å². The zero-order chi connectivity index (χ0) is 11.4. The summed E-state index contributed by atoms with van der Waals surface area (Å²) in [5.41, 5.74) is 0. The summed E-state index contributed by atoms with van der Waals surface area (Å²) in [4.78, 5) is 13.9. The van der Waals surface area contributed by atoms with Crippen LogP contribution in [0.4, 0.5) is 0 Å². The summed E-state index contributed by atoms with van der Waals surface area (Å²) in [6, 6.07) is 2.21. The summed E-state index contributed by atoms with van der Waals surface area (Å²) in [6.07, 6.45) is 14.4. The molecule has 84 valence electrons. The van der Waals surface area contributed by atoms with Gasteiger partial charge in [-0.05, 0) is 19.3 Å². The molecule has 0 amide bonds. The van der Waals surface area contributed by atoms with Gasteiger partial charge in [0, 0.05) is 18.7 Å². The van der Waals surface area contributed by atoms with E-state index >= 15 is 0 Å². The quantitative estimate of drug-likeness (QED) is 0.360. The van der Waals surface area contributed by atoms with Crippen molar-refractivity contribution in [1.29, 1.82) is 0 Å². The van der Waals surface area contributed by atoms with Crippen LogP contribution in [0.2, 0.25) is 0 Å². The molecule has 0 fully saturated rings. The minimum atomic E-state index is -0.694. The summed E-state index contributed by atoms with van der Waals surface area (Å²) in [5.74, 6) is -0.694. The average molecular weight is 209 g/mol. The number of hydrogen-bond acceptors (Lipinski definition) is 2. The second-order valence-electron chi connectivity index (χ2n) is 3.49. The molecule has 0 aromatic carbocycles. The van der Waals surface area contributed by atoms with Crippen molar-refractivity contribution >= 4 is 12.2 Å². The summed E-state index contributed by atoms with van der Waals surface area (Å²) >= 11 is 0. The molecule has 0 bridgehead atoms. The number of aliphatic imine (C=N–C) groups is 1. The molecule has 15 heavy (non-hydrogen) atoms. The lowest BCUT2D eigenvalue weighted by molar-refractivity contribution is -0.137. The third-order valence-corrected chi connectivity index (χ3v) is 2.14. The van der Waals surface area contributed by atoms with Crippen molar-refractivity contribution in [3.05, 3.63) is 0 Å². The molecule has 0 saturated heterocycles. The molecule has 0 saturated carbocycles. The van der Waals surface area contributed by atoms with Gasteiger partial charge < -0.3 is 5.11 Å². The van der Waals surface area contributed by atoms with Crippen LogP contribution in [-0.4, -0.2) is 17.3 Å². The standard InChI is InChI=1S/C12H19NO2/c1-2-13-11-9-7-5-3-4-6-8-10-12(14)15/h1,11H,3-10H2,(H,14,15). The Bertz CT molecular complexity index is 228. The third-order valence-electron chi connectivity index (χ3n) is 2.14. The largest absolute Gasteiger partial charge is 0.481 e. The zero-order valence-electron chi connectivity index (χ0n) is 9.11. The van der Waals surface area contributed by atoms with Crippen LogP contribution in [0.15, 0.2) is 4.99 Å². The van der Waals surface area contributed by atoms with E-state index in [1.54, 1.807) is 6.21 Å². The molecule has 3 heteroatoms. The number of aliphatic carboxylic acids is 1. The summed E-state index contributed by atoms with van der Waals surface area (Å²) in [7, 11) is 0. The highest BCUT2D eigenvalue weighted by atomic mass is 16.4. The lowest BCUT2D eigenvalue weighted by Gasteiger charge is -1.98. The highest BCUT2D eigenvalue weighted by Gasteiger charge is 1.95. The number of carbonyl (C=O) groups is 1. The van der Waals surface area contributed by atoms with Crippen molar-refractivity contribution in [2.24, 2.45) is 4.99 Å². The highest BCUT2D eigenvalue weighted by Crippen LogP contribution is 2.07. The van der Waals surface area contributed by atoms with Crippen molar-refractivity contribution < 1.29 is 9.90 Å². The fourth-order valence-electron chi connectivity index (χ4n) is 1.34. The lowest BCUT2D eigenvalue weighted by atomic mass is 10.1. The van der Waals surface area contributed by atoms with Crippen LogP contribution in [0.25, 0.3) is 0 Å². The SMILES string of the molecule is C#CN=CCCCCCCCCC(=O)O. The first-order valence-corrected chi connectivity index (χ1v) is 5.46. The Morgan fingerprint density at radius 1 is 1.20 bits per heavy atom. The predicted octanol–water partition coefficient (Wildman–Crippen LogP) is 2.85. The van der Waals surface area contributed by atoms with Gasteiger partial charge in [-0.15, -0.1) is 0 Å². The fraction of sp³-hybridized carbons (Fsp3) is 0.667. The molecule has 0 radical (unpaired) electrons. The summed E-state index contributed by atoms with van der Waals surface area (Å²) in [6.45, 7) is 0. The molecule has 0 aromatic heterocycles. The van der Waals surface area contributed by atoms with Gasteiger partial charge in [0.05, 0.1) is 0 Å².